The van der Waals surface area contributed by atoms with E-state index in [4.69, 9.17) is 4.74 Å². The molecule has 0 amide bonds. The van der Waals surface area contributed by atoms with E-state index < -0.39 is 0 Å². The molecule has 0 aliphatic carbocycles. The Morgan fingerprint density at radius 2 is 2.08 bits per heavy atom. The summed E-state index contributed by atoms with van der Waals surface area (Å²) in [6, 6.07) is 0. The largest absolute Gasteiger partial charge is 0.493 e. The summed E-state index contributed by atoms with van der Waals surface area (Å²) in [4.78, 5) is 8.48. The zero-order valence-electron chi connectivity index (χ0n) is 7.96. The number of ether oxygens (including phenoxy) is 1. The Morgan fingerprint density at radius 3 is 2.50 bits per heavy atom. The molecule has 1 rings (SSSR count). The third kappa shape index (κ3) is 1.72. The second kappa shape index (κ2) is 3.52. The Morgan fingerprint density at radius 1 is 1.42 bits per heavy atom. The molecule has 0 spiro atoms. The molecule has 12 heavy (non-hydrogen) atoms. The minimum atomic E-state index is 0.370. The topological polar surface area (TPSA) is 35.0 Å². The van der Waals surface area contributed by atoms with Crippen molar-refractivity contribution in [3.05, 3.63) is 17.7 Å². The molecule has 0 aliphatic heterocycles. The van der Waals surface area contributed by atoms with Crippen molar-refractivity contribution in [2.45, 2.75) is 26.7 Å². The predicted molar refractivity (Wildman–Crippen MR) is 47.4 cm³/mol. The van der Waals surface area contributed by atoms with Gasteiger partial charge in [-0.05, 0) is 6.92 Å². The van der Waals surface area contributed by atoms with Gasteiger partial charge in [-0.1, -0.05) is 13.8 Å². The molecule has 0 atom stereocenters. The number of hydrogen-bond acceptors (Lipinski definition) is 3. The highest BCUT2D eigenvalue weighted by molar-refractivity contribution is 5.23. The molecule has 1 aromatic heterocycles. The Balaban J connectivity index is 3.02. The van der Waals surface area contributed by atoms with Crippen LogP contribution in [0.25, 0.3) is 0 Å². The van der Waals surface area contributed by atoms with Gasteiger partial charge < -0.3 is 4.74 Å². The standard InChI is InChI=1S/C9H14N2O/c1-6(2)9-10-5-8(12-4)7(3)11-9/h5-6H,1-4H3. The fraction of sp³-hybridized carbons (Fsp3) is 0.556. The van der Waals surface area contributed by atoms with E-state index in [1.54, 1.807) is 13.3 Å². The summed E-state index contributed by atoms with van der Waals surface area (Å²) in [6.45, 7) is 6.06. The van der Waals surface area contributed by atoms with E-state index in [-0.39, 0.29) is 0 Å². The lowest BCUT2D eigenvalue weighted by Crippen LogP contribution is -2.00. The molecule has 0 bridgehead atoms. The zero-order chi connectivity index (χ0) is 9.14. The van der Waals surface area contributed by atoms with Gasteiger partial charge in [0.2, 0.25) is 0 Å². The highest BCUT2D eigenvalue weighted by Crippen LogP contribution is 2.16. The van der Waals surface area contributed by atoms with Gasteiger partial charge in [-0.3, -0.25) is 0 Å². The van der Waals surface area contributed by atoms with Gasteiger partial charge in [0.25, 0.3) is 0 Å². The first-order chi connectivity index (χ1) is 5.65. The van der Waals surface area contributed by atoms with Gasteiger partial charge in [-0.2, -0.15) is 0 Å². The molecule has 0 radical (unpaired) electrons. The molecular formula is C9H14N2O. The van der Waals surface area contributed by atoms with Crippen LogP contribution in [0, 0.1) is 6.92 Å². The van der Waals surface area contributed by atoms with Crippen LogP contribution in [0.3, 0.4) is 0 Å². The maximum absolute atomic E-state index is 5.05. The van der Waals surface area contributed by atoms with Crippen molar-refractivity contribution in [1.82, 2.24) is 9.97 Å². The van der Waals surface area contributed by atoms with Crippen LogP contribution in [0.2, 0.25) is 0 Å². The van der Waals surface area contributed by atoms with Crippen LogP contribution in [0.4, 0.5) is 0 Å². The van der Waals surface area contributed by atoms with E-state index in [9.17, 15) is 0 Å². The first-order valence-corrected chi connectivity index (χ1v) is 4.02. The van der Waals surface area contributed by atoms with Crippen LogP contribution >= 0.6 is 0 Å². The molecule has 3 heteroatoms. The van der Waals surface area contributed by atoms with Gasteiger partial charge in [-0.15, -0.1) is 0 Å². The van der Waals surface area contributed by atoms with Crippen molar-refractivity contribution in [2.75, 3.05) is 7.11 Å². The number of nitrogens with zero attached hydrogens (tertiary/aromatic N) is 2. The van der Waals surface area contributed by atoms with E-state index in [1.165, 1.54) is 0 Å². The second-order valence-corrected chi connectivity index (χ2v) is 3.04. The summed E-state index contributed by atoms with van der Waals surface area (Å²) >= 11 is 0. The maximum Gasteiger partial charge on any atom is 0.158 e. The Labute approximate surface area is 72.8 Å². The third-order valence-electron chi connectivity index (χ3n) is 1.69. The summed E-state index contributed by atoms with van der Waals surface area (Å²) in [7, 11) is 1.63. The summed E-state index contributed by atoms with van der Waals surface area (Å²) < 4.78 is 5.05. The summed E-state index contributed by atoms with van der Waals surface area (Å²) in [5, 5.41) is 0. The molecule has 0 saturated heterocycles. The number of aryl methyl sites for hydroxylation is 1. The van der Waals surface area contributed by atoms with Crippen LogP contribution in [0.15, 0.2) is 6.20 Å². The van der Waals surface area contributed by atoms with Gasteiger partial charge in [0, 0.05) is 5.92 Å². The summed E-state index contributed by atoms with van der Waals surface area (Å²) in [5.74, 6) is 1.99. The van der Waals surface area contributed by atoms with Crippen LogP contribution in [0.5, 0.6) is 5.75 Å². The van der Waals surface area contributed by atoms with Crippen molar-refractivity contribution < 1.29 is 4.74 Å². The average molecular weight is 166 g/mol. The molecule has 0 aromatic carbocycles. The Bertz CT molecular complexity index is 271. The molecular weight excluding hydrogens is 152 g/mol. The SMILES string of the molecule is COc1cnc(C(C)C)nc1C. The average Bonchev–Trinajstić information content (AvgIpc) is 2.04. The van der Waals surface area contributed by atoms with E-state index in [0.717, 1.165) is 17.3 Å². The van der Waals surface area contributed by atoms with Crippen LogP contribution in [0.1, 0.15) is 31.3 Å². The maximum atomic E-state index is 5.05. The lowest BCUT2D eigenvalue weighted by Gasteiger charge is -2.06. The van der Waals surface area contributed by atoms with Gasteiger partial charge in [-0.25, -0.2) is 9.97 Å². The van der Waals surface area contributed by atoms with Crippen LogP contribution in [-0.2, 0) is 0 Å². The zero-order valence-corrected chi connectivity index (χ0v) is 7.96. The van der Waals surface area contributed by atoms with E-state index in [1.807, 2.05) is 6.92 Å². The number of rotatable bonds is 2. The van der Waals surface area contributed by atoms with Crippen LogP contribution < -0.4 is 4.74 Å². The normalized spacial score (nSPS) is 10.4. The minimum Gasteiger partial charge on any atom is -0.493 e. The molecule has 66 valence electrons. The number of methoxy groups -OCH3 is 1. The predicted octanol–water partition coefficient (Wildman–Crippen LogP) is 1.92. The van der Waals surface area contributed by atoms with Gasteiger partial charge in [0.1, 0.15) is 5.82 Å². The Kier molecular flexibility index (Phi) is 2.63. The summed E-state index contributed by atoms with van der Waals surface area (Å²) in [5.41, 5.74) is 0.899. The van der Waals surface area contributed by atoms with Crippen molar-refractivity contribution in [1.29, 1.82) is 0 Å². The highest BCUT2D eigenvalue weighted by Gasteiger charge is 2.05. The van der Waals surface area contributed by atoms with Crippen molar-refractivity contribution in [3.8, 4) is 5.75 Å². The third-order valence-corrected chi connectivity index (χ3v) is 1.69. The molecule has 0 fully saturated rings. The smallest absolute Gasteiger partial charge is 0.158 e. The molecule has 3 nitrogen and oxygen atoms in total. The van der Waals surface area contributed by atoms with Gasteiger partial charge in [0.15, 0.2) is 5.75 Å². The first-order valence-electron chi connectivity index (χ1n) is 4.02. The monoisotopic (exact) mass is 166 g/mol. The summed E-state index contributed by atoms with van der Waals surface area (Å²) in [6.07, 6.45) is 1.72. The number of hydrogen-bond donors (Lipinski definition) is 0. The molecule has 0 unspecified atom stereocenters. The number of aromatic nitrogens is 2. The lowest BCUT2D eigenvalue weighted by molar-refractivity contribution is 0.405. The molecule has 1 aromatic rings. The minimum absolute atomic E-state index is 0.370. The highest BCUT2D eigenvalue weighted by atomic mass is 16.5. The van der Waals surface area contributed by atoms with E-state index in [2.05, 4.69) is 23.8 Å². The lowest BCUT2D eigenvalue weighted by atomic mass is 10.2. The Hall–Kier alpha value is -1.12. The molecule has 0 N–H and O–H groups in total. The second-order valence-electron chi connectivity index (χ2n) is 3.04. The molecule has 0 saturated carbocycles. The van der Waals surface area contributed by atoms with Gasteiger partial charge >= 0.3 is 0 Å². The quantitative estimate of drug-likeness (QED) is 0.673. The van der Waals surface area contributed by atoms with Crippen molar-refractivity contribution in [3.63, 3.8) is 0 Å². The van der Waals surface area contributed by atoms with Gasteiger partial charge in [0.05, 0.1) is 19.0 Å². The fourth-order valence-electron chi connectivity index (χ4n) is 0.953. The van der Waals surface area contributed by atoms with E-state index >= 15 is 0 Å². The molecule has 1 heterocycles. The fourth-order valence-corrected chi connectivity index (χ4v) is 0.953. The van der Waals surface area contributed by atoms with Crippen molar-refractivity contribution >= 4 is 0 Å². The van der Waals surface area contributed by atoms with Crippen molar-refractivity contribution in [2.24, 2.45) is 0 Å². The first kappa shape index (κ1) is 8.97. The van der Waals surface area contributed by atoms with Crippen LogP contribution in [-0.4, -0.2) is 17.1 Å². The van der Waals surface area contributed by atoms with E-state index in [0.29, 0.717) is 5.92 Å². The molecule has 0 aliphatic rings.